The molecule has 1 heterocycles. The van der Waals surface area contributed by atoms with Gasteiger partial charge in [-0.1, -0.05) is 19.9 Å². The zero-order valence-electron chi connectivity index (χ0n) is 9.73. The van der Waals surface area contributed by atoms with Gasteiger partial charge in [0.2, 0.25) is 0 Å². The SMILES string of the molecule is Cc1cc(C)c2c(c1)NC(C)C2(C)C. The van der Waals surface area contributed by atoms with Crippen LogP contribution in [0.25, 0.3) is 0 Å². The molecule has 1 aromatic carbocycles. The van der Waals surface area contributed by atoms with Gasteiger partial charge in [-0.2, -0.15) is 0 Å². The van der Waals surface area contributed by atoms with E-state index in [1.165, 1.54) is 22.4 Å². The summed E-state index contributed by atoms with van der Waals surface area (Å²) < 4.78 is 0. The molecule has 1 aromatic rings. The number of nitrogens with one attached hydrogen (secondary N) is 1. The number of rotatable bonds is 0. The van der Waals surface area contributed by atoms with Crippen LogP contribution in [-0.2, 0) is 5.41 Å². The lowest BCUT2D eigenvalue weighted by molar-refractivity contribution is 0.484. The fraction of sp³-hybridized carbons (Fsp3) is 0.538. The number of fused-ring (bicyclic) bond motifs is 1. The maximum Gasteiger partial charge on any atom is 0.0386 e. The molecule has 0 radical (unpaired) electrons. The predicted octanol–water partition coefficient (Wildman–Crippen LogP) is 3.40. The second-order valence-corrected chi connectivity index (χ2v) is 5.09. The molecule has 1 unspecified atom stereocenters. The maximum atomic E-state index is 3.57. The van der Waals surface area contributed by atoms with Crippen LogP contribution >= 0.6 is 0 Å². The molecule has 1 N–H and O–H groups in total. The quantitative estimate of drug-likeness (QED) is 0.659. The summed E-state index contributed by atoms with van der Waals surface area (Å²) in [6.07, 6.45) is 0. The third-order valence-corrected chi connectivity index (χ3v) is 3.58. The van der Waals surface area contributed by atoms with Crippen LogP contribution in [0.3, 0.4) is 0 Å². The number of hydrogen-bond acceptors (Lipinski definition) is 1. The summed E-state index contributed by atoms with van der Waals surface area (Å²) in [4.78, 5) is 0. The highest BCUT2D eigenvalue weighted by Gasteiger charge is 2.37. The van der Waals surface area contributed by atoms with E-state index in [2.05, 4.69) is 52.1 Å². The van der Waals surface area contributed by atoms with Crippen molar-refractivity contribution in [1.82, 2.24) is 0 Å². The lowest BCUT2D eigenvalue weighted by atomic mass is 9.79. The number of anilines is 1. The maximum absolute atomic E-state index is 3.57. The van der Waals surface area contributed by atoms with E-state index in [9.17, 15) is 0 Å². The monoisotopic (exact) mass is 189 g/mol. The number of benzene rings is 1. The lowest BCUT2D eigenvalue weighted by Gasteiger charge is -2.25. The predicted molar refractivity (Wildman–Crippen MR) is 62.0 cm³/mol. The molecule has 0 aromatic heterocycles. The first kappa shape index (κ1) is 9.57. The van der Waals surface area contributed by atoms with Crippen molar-refractivity contribution in [2.24, 2.45) is 0 Å². The van der Waals surface area contributed by atoms with Crippen molar-refractivity contribution >= 4 is 5.69 Å². The largest absolute Gasteiger partial charge is 0.381 e. The van der Waals surface area contributed by atoms with Gasteiger partial charge in [-0.25, -0.2) is 0 Å². The van der Waals surface area contributed by atoms with E-state index in [-0.39, 0.29) is 5.41 Å². The molecule has 1 nitrogen and oxygen atoms in total. The Morgan fingerprint density at radius 2 is 1.86 bits per heavy atom. The Hall–Kier alpha value is -0.980. The van der Waals surface area contributed by atoms with Crippen molar-refractivity contribution in [3.63, 3.8) is 0 Å². The number of aryl methyl sites for hydroxylation is 2. The van der Waals surface area contributed by atoms with Crippen LogP contribution in [0.2, 0.25) is 0 Å². The molecular weight excluding hydrogens is 170 g/mol. The van der Waals surface area contributed by atoms with Gasteiger partial charge in [0.05, 0.1) is 0 Å². The van der Waals surface area contributed by atoms with Crippen molar-refractivity contribution in [3.8, 4) is 0 Å². The van der Waals surface area contributed by atoms with Gasteiger partial charge in [0.25, 0.3) is 0 Å². The Kier molecular flexibility index (Phi) is 1.88. The Morgan fingerprint density at radius 3 is 2.50 bits per heavy atom. The highest BCUT2D eigenvalue weighted by Crippen LogP contribution is 2.42. The van der Waals surface area contributed by atoms with Gasteiger partial charge in [-0.05, 0) is 43.5 Å². The second kappa shape index (κ2) is 2.75. The first-order valence-corrected chi connectivity index (χ1v) is 5.31. The first-order valence-electron chi connectivity index (χ1n) is 5.31. The lowest BCUT2D eigenvalue weighted by Crippen LogP contribution is -2.30. The van der Waals surface area contributed by atoms with Gasteiger partial charge in [-0.3, -0.25) is 0 Å². The molecule has 1 atom stereocenters. The minimum Gasteiger partial charge on any atom is -0.381 e. The van der Waals surface area contributed by atoms with E-state index in [4.69, 9.17) is 0 Å². The average Bonchev–Trinajstić information content (AvgIpc) is 2.21. The molecule has 1 heteroatoms. The second-order valence-electron chi connectivity index (χ2n) is 5.09. The Morgan fingerprint density at radius 1 is 1.21 bits per heavy atom. The molecule has 0 spiro atoms. The highest BCUT2D eigenvalue weighted by molar-refractivity contribution is 5.65. The molecule has 0 aliphatic carbocycles. The summed E-state index contributed by atoms with van der Waals surface area (Å²) in [7, 11) is 0. The van der Waals surface area contributed by atoms with Crippen LogP contribution in [0.15, 0.2) is 12.1 Å². The fourth-order valence-corrected chi connectivity index (χ4v) is 2.57. The van der Waals surface area contributed by atoms with E-state index in [1.54, 1.807) is 0 Å². The van der Waals surface area contributed by atoms with Gasteiger partial charge in [0.15, 0.2) is 0 Å². The van der Waals surface area contributed by atoms with Gasteiger partial charge < -0.3 is 5.32 Å². The van der Waals surface area contributed by atoms with Crippen LogP contribution in [0, 0.1) is 13.8 Å². The molecule has 76 valence electrons. The summed E-state index contributed by atoms with van der Waals surface area (Å²) in [5.41, 5.74) is 5.85. The molecule has 0 saturated heterocycles. The summed E-state index contributed by atoms with van der Waals surface area (Å²) in [5.74, 6) is 0. The van der Waals surface area contributed by atoms with Crippen LogP contribution in [-0.4, -0.2) is 6.04 Å². The molecule has 1 aliphatic rings. The normalized spacial score (nSPS) is 23.1. The number of hydrogen-bond donors (Lipinski definition) is 1. The molecular formula is C13H19N. The fourth-order valence-electron chi connectivity index (χ4n) is 2.57. The van der Waals surface area contributed by atoms with Crippen molar-refractivity contribution in [1.29, 1.82) is 0 Å². The molecule has 14 heavy (non-hydrogen) atoms. The molecule has 0 amide bonds. The van der Waals surface area contributed by atoms with Gasteiger partial charge in [-0.15, -0.1) is 0 Å². The topological polar surface area (TPSA) is 12.0 Å². The summed E-state index contributed by atoms with van der Waals surface area (Å²) in [5, 5.41) is 3.57. The van der Waals surface area contributed by atoms with Gasteiger partial charge >= 0.3 is 0 Å². The third kappa shape index (κ3) is 1.15. The summed E-state index contributed by atoms with van der Waals surface area (Å²) in [6, 6.07) is 5.06. The average molecular weight is 189 g/mol. The molecule has 0 saturated carbocycles. The smallest absolute Gasteiger partial charge is 0.0386 e. The van der Waals surface area contributed by atoms with Crippen LogP contribution < -0.4 is 5.32 Å². The van der Waals surface area contributed by atoms with Crippen LogP contribution in [0.4, 0.5) is 5.69 Å². The minimum atomic E-state index is 0.257. The minimum absolute atomic E-state index is 0.257. The van der Waals surface area contributed by atoms with E-state index >= 15 is 0 Å². The standard InChI is InChI=1S/C13H19N/c1-8-6-9(2)12-11(7-8)14-10(3)13(12,4)5/h6-7,10,14H,1-5H3. The zero-order valence-corrected chi connectivity index (χ0v) is 9.73. The first-order chi connectivity index (χ1) is 6.43. The molecule has 0 bridgehead atoms. The van der Waals surface area contributed by atoms with Gasteiger partial charge in [0.1, 0.15) is 0 Å². The third-order valence-electron chi connectivity index (χ3n) is 3.58. The van der Waals surface area contributed by atoms with Crippen LogP contribution in [0.5, 0.6) is 0 Å². The highest BCUT2D eigenvalue weighted by atomic mass is 15.0. The van der Waals surface area contributed by atoms with E-state index < -0.39 is 0 Å². The Labute approximate surface area is 86.5 Å². The summed E-state index contributed by atoms with van der Waals surface area (Å²) >= 11 is 0. The summed E-state index contributed by atoms with van der Waals surface area (Å²) in [6.45, 7) is 11.3. The van der Waals surface area contributed by atoms with E-state index in [0.717, 1.165) is 0 Å². The molecule has 2 rings (SSSR count). The molecule has 1 aliphatic heterocycles. The van der Waals surface area contributed by atoms with E-state index in [1.807, 2.05) is 0 Å². The van der Waals surface area contributed by atoms with E-state index in [0.29, 0.717) is 6.04 Å². The zero-order chi connectivity index (χ0) is 10.5. The van der Waals surface area contributed by atoms with Crippen molar-refractivity contribution < 1.29 is 0 Å². The Balaban J connectivity index is 2.65. The molecule has 0 fully saturated rings. The van der Waals surface area contributed by atoms with Crippen molar-refractivity contribution in [2.75, 3.05) is 5.32 Å². The van der Waals surface area contributed by atoms with Crippen LogP contribution in [0.1, 0.15) is 37.5 Å². The van der Waals surface area contributed by atoms with Crippen molar-refractivity contribution in [2.45, 2.75) is 46.1 Å². The van der Waals surface area contributed by atoms with Crippen molar-refractivity contribution in [3.05, 3.63) is 28.8 Å². The Bertz CT molecular complexity index is 377. The van der Waals surface area contributed by atoms with Gasteiger partial charge in [0, 0.05) is 17.1 Å².